The molecule has 0 saturated carbocycles. The Morgan fingerprint density at radius 2 is 1.56 bits per heavy atom. The van der Waals surface area contributed by atoms with Gasteiger partial charge >= 0.3 is 0 Å². The molecule has 8 nitrogen and oxygen atoms in total. The summed E-state index contributed by atoms with van der Waals surface area (Å²) in [6.45, 7) is 6.29. The summed E-state index contributed by atoms with van der Waals surface area (Å²) in [5, 5.41) is 2.79. The molecule has 2 amide bonds. The summed E-state index contributed by atoms with van der Waals surface area (Å²) < 4.78 is 48.3. The van der Waals surface area contributed by atoms with E-state index < -0.39 is 40.2 Å². The lowest BCUT2D eigenvalue weighted by Crippen LogP contribution is -2.52. The van der Waals surface area contributed by atoms with Crippen molar-refractivity contribution in [1.29, 1.82) is 0 Å². The fraction of sp³-hybridized carbons (Fsp3) is 0.310. The van der Waals surface area contributed by atoms with E-state index in [2.05, 4.69) is 5.32 Å². The second kappa shape index (κ2) is 12.8. The highest BCUT2D eigenvalue weighted by Crippen LogP contribution is 2.27. The van der Waals surface area contributed by atoms with Crippen molar-refractivity contribution in [3.63, 3.8) is 0 Å². The summed E-state index contributed by atoms with van der Waals surface area (Å²) >= 11 is 0. The minimum absolute atomic E-state index is 0.0190. The number of carbonyl (C=O) groups is 2. The van der Waals surface area contributed by atoms with Crippen LogP contribution in [0.25, 0.3) is 0 Å². The van der Waals surface area contributed by atoms with Gasteiger partial charge in [-0.15, -0.1) is 0 Å². The number of aryl methyl sites for hydroxylation is 1. The molecule has 10 heteroatoms. The lowest BCUT2D eigenvalue weighted by Gasteiger charge is -2.32. The summed E-state index contributed by atoms with van der Waals surface area (Å²) in [6, 6.07) is 17.3. The predicted octanol–water partition coefficient (Wildman–Crippen LogP) is 4.28. The molecule has 0 saturated heterocycles. The lowest BCUT2D eigenvalue weighted by atomic mass is 10.1. The number of benzene rings is 3. The lowest BCUT2D eigenvalue weighted by molar-refractivity contribution is -0.139. The molecule has 0 unspecified atom stereocenters. The van der Waals surface area contributed by atoms with Crippen molar-refractivity contribution in [1.82, 2.24) is 10.2 Å². The first kappa shape index (κ1) is 29.6. The highest BCUT2D eigenvalue weighted by atomic mass is 32.2. The Labute approximate surface area is 229 Å². The van der Waals surface area contributed by atoms with Crippen LogP contribution >= 0.6 is 0 Å². The molecule has 3 rings (SSSR count). The largest absolute Gasteiger partial charge is 0.497 e. The summed E-state index contributed by atoms with van der Waals surface area (Å²) in [6.07, 6.45) is 0. The van der Waals surface area contributed by atoms with Gasteiger partial charge in [-0.3, -0.25) is 13.9 Å². The van der Waals surface area contributed by atoms with Crippen molar-refractivity contribution in [2.24, 2.45) is 0 Å². The molecule has 1 N–H and O–H groups in total. The molecule has 0 aliphatic carbocycles. The van der Waals surface area contributed by atoms with Gasteiger partial charge in [-0.1, -0.05) is 42.0 Å². The quantitative estimate of drug-likeness (QED) is 0.381. The van der Waals surface area contributed by atoms with E-state index in [1.165, 1.54) is 42.3 Å². The Morgan fingerprint density at radius 1 is 0.949 bits per heavy atom. The van der Waals surface area contributed by atoms with Crippen LogP contribution in [0.2, 0.25) is 0 Å². The minimum atomic E-state index is -4.34. The second-order valence-corrected chi connectivity index (χ2v) is 11.3. The zero-order valence-electron chi connectivity index (χ0n) is 22.7. The first-order valence-corrected chi connectivity index (χ1v) is 13.9. The molecule has 0 aliphatic heterocycles. The number of nitrogens with one attached hydrogen (secondary N) is 1. The highest BCUT2D eigenvalue weighted by molar-refractivity contribution is 7.92. The number of hydrogen-bond donors (Lipinski definition) is 1. The molecule has 0 bridgehead atoms. The number of rotatable bonds is 11. The van der Waals surface area contributed by atoms with Crippen molar-refractivity contribution in [2.45, 2.75) is 51.2 Å². The third-order valence-corrected chi connectivity index (χ3v) is 7.89. The van der Waals surface area contributed by atoms with Gasteiger partial charge in [0, 0.05) is 12.6 Å². The first-order valence-electron chi connectivity index (χ1n) is 12.5. The molecular weight excluding hydrogens is 521 g/mol. The number of nitrogens with zero attached hydrogens (tertiary/aromatic N) is 2. The summed E-state index contributed by atoms with van der Waals surface area (Å²) in [4.78, 5) is 28.0. The number of halogens is 1. The molecule has 0 fully saturated rings. The third kappa shape index (κ3) is 7.35. The molecule has 0 heterocycles. The van der Waals surface area contributed by atoms with Gasteiger partial charge in [-0.05, 0) is 69.7 Å². The smallest absolute Gasteiger partial charge is 0.264 e. The van der Waals surface area contributed by atoms with Gasteiger partial charge in [0.05, 0.1) is 17.7 Å². The van der Waals surface area contributed by atoms with Crippen LogP contribution < -0.4 is 14.4 Å². The van der Waals surface area contributed by atoms with E-state index in [1.54, 1.807) is 57.2 Å². The maximum Gasteiger partial charge on any atom is 0.264 e. The van der Waals surface area contributed by atoms with E-state index in [0.29, 0.717) is 11.3 Å². The zero-order chi connectivity index (χ0) is 28.7. The van der Waals surface area contributed by atoms with Gasteiger partial charge < -0.3 is 15.0 Å². The Balaban J connectivity index is 2.03. The van der Waals surface area contributed by atoms with Gasteiger partial charge in [0.25, 0.3) is 10.0 Å². The number of hydrogen-bond acceptors (Lipinski definition) is 5. The second-order valence-electron chi connectivity index (χ2n) is 9.49. The van der Waals surface area contributed by atoms with Crippen LogP contribution in [0.15, 0.2) is 77.7 Å². The monoisotopic (exact) mass is 555 g/mol. The third-order valence-electron chi connectivity index (χ3n) is 6.12. The number of sulfonamides is 1. The molecule has 3 aromatic rings. The molecule has 208 valence electrons. The summed E-state index contributed by atoms with van der Waals surface area (Å²) in [5.41, 5.74) is 1.28. The number of anilines is 1. The number of amides is 2. The Bertz CT molecular complexity index is 1390. The van der Waals surface area contributed by atoms with Crippen molar-refractivity contribution in [2.75, 3.05) is 18.0 Å². The molecule has 0 radical (unpaired) electrons. The van der Waals surface area contributed by atoms with Crippen LogP contribution in [0, 0.1) is 12.7 Å². The number of methoxy groups -OCH3 is 1. The van der Waals surface area contributed by atoms with E-state index in [0.717, 1.165) is 15.9 Å². The van der Waals surface area contributed by atoms with Gasteiger partial charge in [0.15, 0.2) is 0 Å². The Kier molecular flexibility index (Phi) is 9.69. The number of para-hydroxylation sites is 1. The summed E-state index contributed by atoms with van der Waals surface area (Å²) in [5.74, 6) is -1.24. The standard InChI is InChI=1S/C29H34FN3O5S/c1-20(2)31-29(35)22(4)32(18-23-12-14-24(38-5)15-13-23)28(34)19-33(27-9-7-6-8-26(27)30)39(36,37)25-16-10-21(3)11-17-25/h6-17,20,22H,18-19H2,1-5H3,(H,31,35)/t22-/m0/s1. The average Bonchev–Trinajstić information content (AvgIpc) is 2.90. The maximum atomic E-state index is 14.9. The van der Waals surface area contributed by atoms with Crippen LogP contribution in [0.1, 0.15) is 31.9 Å². The highest BCUT2D eigenvalue weighted by Gasteiger charge is 2.33. The molecule has 1 atom stereocenters. The molecular formula is C29H34FN3O5S. The van der Waals surface area contributed by atoms with Crippen molar-refractivity contribution >= 4 is 27.5 Å². The molecule has 0 aromatic heterocycles. The SMILES string of the molecule is COc1ccc(CN(C(=O)CN(c2ccccc2F)S(=O)(=O)c2ccc(C)cc2)[C@@H](C)C(=O)NC(C)C)cc1. The molecule has 0 spiro atoms. The maximum absolute atomic E-state index is 14.9. The predicted molar refractivity (Wildman–Crippen MR) is 148 cm³/mol. The Morgan fingerprint density at radius 3 is 2.13 bits per heavy atom. The fourth-order valence-corrected chi connectivity index (χ4v) is 5.34. The average molecular weight is 556 g/mol. The summed E-state index contributed by atoms with van der Waals surface area (Å²) in [7, 11) is -2.80. The van der Waals surface area contributed by atoms with Crippen LogP contribution in [0.5, 0.6) is 5.75 Å². The molecule has 0 aliphatic rings. The van der Waals surface area contributed by atoms with Crippen LogP contribution in [-0.2, 0) is 26.2 Å². The minimum Gasteiger partial charge on any atom is -0.497 e. The van der Waals surface area contributed by atoms with Crippen LogP contribution in [0.4, 0.5) is 10.1 Å². The van der Waals surface area contributed by atoms with E-state index >= 15 is 0 Å². The number of carbonyl (C=O) groups excluding carboxylic acids is 2. The Hall–Kier alpha value is -3.92. The molecule has 39 heavy (non-hydrogen) atoms. The number of ether oxygens (including phenoxy) is 1. The van der Waals surface area contributed by atoms with E-state index in [4.69, 9.17) is 4.74 Å². The fourth-order valence-electron chi connectivity index (χ4n) is 3.92. The van der Waals surface area contributed by atoms with Gasteiger partial charge in [-0.25, -0.2) is 12.8 Å². The van der Waals surface area contributed by atoms with Crippen molar-refractivity contribution in [3.8, 4) is 5.75 Å². The van der Waals surface area contributed by atoms with Gasteiger partial charge in [0.2, 0.25) is 11.8 Å². The van der Waals surface area contributed by atoms with E-state index in [1.807, 2.05) is 6.92 Å². The normalized spacial score (nSPS) is 12.1. The van der Waals surface area contributed by atoms with Gasteiger partial charge in [0.1, 0.15) is 24.2 Å². The van der Waals surface area contributed by atoms with Crippen LogP contribution in [0.3, 0.4) is 0 Å². The van der Waals surface area contributed by atoms with E-state index in [-0.39, 0.29) is 23.2 Å². The van der Waals surface area contributed by atoms with Crippen molar-refractivity contribution < 1.29 is 27.1 Å². The van der Waals surface area contributed by atoms with E-state index in [9.17, 15) is 22.4 Å². The topological polar surface area (TPSA) is 96.0 Å². The van der Waals surface area contributed by atoms with Gasteiger partial charge in [-0.2, -0.15) is 0 Å². The molecule has 3 aromatic carbocycles. The van der Waals surface area contributed by atoms with Crippen LogP contribution in [-0.4, -0.2) is 50.9 Å². The van der Waals surface area contributed by atoms with Crippen molar-refractivity contribution in [3.05, 3.63) is 89.7 Å². The zero-order valence-corrected chi connectivity index (χ0v) is 23.5. The first-order chi connectivity index (χ1) is 18.4.